The molecule has 1 aliphatic carbocycles. The Hall–Kier alpha value is -3.39. The van der Waals surface area contributed by atoms with Crippen LogP contribution in [0.5, 0.6) is 23.0 Å². The summed E-state index contributed by atoms with van der Waals surface area (Å²) in [7, 11) is 0. The molecule has 2 aromatic carbocycles. The lowest BCUT2D eigenvalue weighted by Gasteiger charge is -2.37. The number of rotatable bonds is 2. The molecule has 8 heteroatoms. The molecule has 0 spiro atoms. The highest BCUT2D eigenvalue weighted by Gasteiger charge is 2.42. The molecule has 166 valence electrons. The predicted molar refractivity (Wildman–Crippen MR) is 123 cm³/mol. The third kappa shape index (κ3) is 3.04. The lowest BCUT2D eigenvalue weighted by atomic mass is 9.83. The van der Waals surface area contributed by atoms with Gasteiger partial charge in [-0.15, -0.1) is 0 Å². The zero-order chi connectivity index (χ0) is 21.9. The van der Waals surface area contributed by atoms with E-state index in [1.807, 2.05) is 41.3 Å². The summed E-state index contributed by atoms with van der Waals surface area (Å²) >= 11 is 1.51. The Morgan fingerprint density at radius 3 is 2.55 bits per heavy atom. The Kier molecular flexibility index (Phi) is 4.24. The molecule has 7 rings (SSSR count). The number of thioether (sulfide) groups is 1. The standard InChI is InChI=1S/C25H20N2O5S/c28-22-11-33-25-26-23-15(8-14-4-6-18-20(9-14)31-12-29-18)2-1-3-17(23)24(27(22)25)16-5-7-19-21(10-16)32-13-30-19/h4-10,24H,1-3,11-13H2/b15-8+/t24-/m1/s1. The largest absolute Gasteiger partial charge is 0.454 e. The molecule has 0 bridgehead atoms. The van der Waals surface area contributed by atoms with Crippen molar-refractivity contribution in [1.29, 1.82) is 0 Å². The first-order chi connectivity index (χ1) is 16.2. The molecular weight excluding hydrogens is 440 g/mol. The quantitative estimate of drug-likeness (QED) is 0.650. The van der Waals surface area contributed by atoms with Gasteiger partial charge >= 0.3 is 0 Å². The van der Waals surface area contributed by atoms with Crippen LogP contribution in [0.3, 0.4) is 0 Å². The number of allylic oxidation sites excluding steroid dienone is 1. The maximum atomic E-state index is 12.9. The summed E-state index contributed by atoms with van der Waals surface area (Å²) in [6, 6.07) is 11.8. The van der Waals surface area contributed by atoms with Gasteiger partial charge in [0.25, 0.3) is 0 Å². The van der Waals surface area contributed by atoms with Crippen molar-refractivity contribution in [2.75, 3.05) is 19.3 Å². The molecule has 5 aliphatic rings. The van der Waals surface area contributed by atoms with E-state index in [0.29, 0.717) is 5.75 Å². The number of nitrogens with zero attached hydrogens (tertiary/aromatic N) is 2. The number of carbonyl (C=O) groups excluding carboxylic acids is 1. The highest BCUT2D eigenvalue weighted by molar-refractivity contribution is 8.15. The van der Waals surface area contributed by atoms with Crippen LogP contribution in [0.2, 0.25) is 0 Å². The molecule has 0 unspecified atom stereocenters. The monoisotopic (exact) mass is 460 g/mol. The fraction of sp³-hybridized carbons (Fsp3) is 0.280. The maximum Gasteiger partial charge on any atom is 0.239 e. The van der Waals surface area contributed by atoms with Crippen LogP contribution in [0, 0.1) is 0 Å². The molecular formula is C25H20N2O5S. The zero-order valence-electron chi connectivity index (χ0n) is 17.7. The number of amidine groups is 1. The average molecular weight is 461 g/mol. The van der Waals surface area contributed by atoms with E-state index in [-0.39, 0.29) is 25.5 Å². The van der Waals surface area contributed by atoms with Gasteiger partial charge in [0.1, 0.15) is 0 Å². The molecule has 1 saturated heterocycles. The number of carbonyl (C=O) groups is 1. The lowest BCUT2D eigenvalue weighted by Crippen LogP contribution is -2.38. The van der Waals surface area contributed by atoms with E-state index in [2.05, 4.69) is 6.08 Å². The highest BCUT2D eigenvalue weighted by atomic mass is 32.2. The van der Waals surface area contributed by atoms with Crippen molar-refractivity contribution in [1.82, 2.24) is 4.90 Å². The number of fused-ring (bicyclic) bond motifs is 3. The Labute approximate surface area is 194 Å². The molecule has 1 amide bonds. The predicted octanol–water partition coefficient (Wildman–Crippen LogP) is 4.65. The summed E-state index contributed by atoms with van der Waals surface area (Å²) < 4.78 is 22.1. The normalized spacial score (nSPS) is 23.7. The Morgan fingerprint density at radius 1 is 0.939 bits per heavy atom. The second-order valence-corrected chi connectivity index (χ2v) is 9.41. The van der Waals surface area contributed by atoms with Crippen molar-refractivity contribution < 1.29 is 23.7 Å². The van der Waals surface area contributed by atoms with Gasteiger partial charge in [0.05, 0.1) is 17.5 Å². The van der Waals surface area contributed by atoms with Gasteiger partial charge in [-0.3, -0.25) is 9.69 Å². The zero-order valence-corrected chi connectivity index (χ0v) is 18.5. The SMILES string of the molecule is O=C1CSC2=NC3=C(CCC/C3=C\c3ccc4c(c3)OCO4)[C@@H](c3ccc4c(c3)OCO4)N12. The van der Waals surface area contributed by atoms with Gasteiger partial charge in [-0.25, -0.2) is 4.99 Å². The van der Waals surface area contributed by atoms with Crippen LogP contribution >= 0.6 is 11.8 Å². The molecule has 4 heterocycles. The molecule has 0 N–H and O–H groups in total. The second-order valence-electron chi connectivity index (χ2n) is 8.47. The lowest BCUT2D eigenvalue weighted by molar-refractivity contribution is -0.125. The second kappa shape index (κ2) is 7.31. The van der Waals surface area contributed by atoms with Crippen LogP contribution in [-0.4, -0.2) is 35.3 Å². The van der Waals surface area contributed by atoms with Crippen molar-refractivity contribution in [2.24, 2.45) is 4.99 Å². The van der Waals surface area contributed by atoms with Crippen LogP contribution in [0.4, 0.5) is 0 Å². The minimum absolute atomic E-state index is 0.0971. The fourth-order valence-corrected chi connectivity index (χ4v) is 5.96. The summed E-state index contributed by atoms with van der Waals surface area (Å²) in [6.07, 6.45) is 5.04. The van der Waals surface area contributed by atoms with E-state index < -0.39 is 0 Å². The van der Waals surface area contributed by atoms with Gasteiger partial charge < -0.3 is 18.9 Å². The topological polar surface area (TPSA) is 69.6 Å². The van der Waals surface area contributed by atoms with Gasteiger partial charge in [0.15, 0.2) is 28.2 Å². The van der Waals surface area contributed by atoms with Crippen molar-refractivity contribution >= 4 is 28.9 Å². The Bertz CT molecular complexity index is 1300. The van der Waals surface area contributed by atoms with E-state index in [0.717, 1.165) is 64.3 Å². The molecule has 33 heavy (non-hydrogen) atoms. The number of aliphatic imine (C=N–C) groups is 1. The molecule has 2 aromatic rings. The van der Waals surface area contributed by atoms with E-state index in [1.54, 1.807) is 0 Å². The molecule has 0 radical (unpaired) electrons. The van der Waals surface area contributed by atoms with Crippen molar-refractivity contribution in [3.8, 4) is 23.0 Å². The maximum absolute atomic E-state index is 12.9. The van der Waals surface area contributed by atoms with Gasteiger partial charge in [-0.05, 0) is 71.9 Å². The number of hydrogen-bond donors (Lipinski definition) is 0. The van der Waals surface area contributed by atoms with E-state index in [4.69, 9.17) is 23.9 Å². The van der Waals surface area contributed by atoms with E-state index in [1.165, 1.54) is 22.9 Å². The van der Waals surface area contributed by atoms with Crippen molar-refractivity contribution in [2.45, 2.75) is 25.3 Å². The summed E-state index contributed by atoms with van der Waals surface area (Å²) in [5.74, 6) is 3.53. The molecule has 0 aromatic heterocycles. The first-order valence-corrected chi connectivity index (χ1v) is 12.0. The number of ether oxygens (including phenoxy) is 4. The van der Waals surface area contributed by atoms with Gasteiger partial charge in [-0.2, -0.15) is 0 Å². The summed E-state index contributed by atoms with van der Waals surface area (Å²) in [4.78, 5) is 19.8. The highest BCUT2D eigenvalue weighted by Crippen LogP contribution is 2.49. The molecule has 1 atom stereocenters. The summed E-state index contributed by atoms with van der Waals surface area (Å²) in [6.45, 7) is 0.488. The molecule has 4 aliphatic heterocycles. The van der Waals surface area contributed by atoms with E-state index in [9.17, 15) is 4.79 Å². The third-order valence-corrected chi connectivity index (χ3v) is 7.48. The van der Waals surface area contributed by atoms with Crippen LogP contribution in [0.25, 0.3) is 6.08 Å². The van der Waals surface area contributed by atoms with Crippen LogP contribution in [0.1, 0.15) is 36.4 Å². The molecule has 1 fully saturated rings. The smallest absolute Gasteiger partial charge is 0.239 e. The van der Waals surface area contributed by atoms with Crippen molar-refractivity contribution in [3.63, 3.8) is 0 Å². The number of benzene rings is 2. The van der Waals surface area contributed by atoms with Crippen LogP contribution in [-0.2, 0) is 4.79 Å². The molecule has 7 nitrogen and oxygen atoms in total. The van der Waals surface area contributed by atoms with Gasteiger partial charge in [0.2, 0.25) is 19.5 Å². The first-order valence-electron chi connectivity index (χ1n) is 11.0. The van der Waals surface area contributed by atoms with E-state index >= 15 is 0 Å². The minimum atomic E-state index is -0.176. The minimum Gasteiger partial charge on any atom is -0.454 e. The Morgan fingerprint density at radius 2 is 1.70 bits per heavy atom. The van der Waals surface area contributed by atoms with Crippen molar-refractivity contribution in [3.05, 3.63) is 64.4 Å². The van der Waals surface area contributed by atoms with Crippen LogP contribution < -0.4 is 18.9 Å². The average Bonchev–Trinajstić information content (AvgIpc) is 3.57. The number of hydrogen-bond acceptors (Lipinski definition) is 7. The summed E-state index contributed by atoms with van der Waals surface area (Å²) in [5, 5.41) is 0.778. The molecule has 0 saturated carbocycles. The summed E-state index contributed by atoms with van der Waals surface area (Å²) in [5.41, 5.74) is 5.47. The first kappa shape index (κ1) is 19.1. The van der Waals surface area contributed by atoms with Gasteiger partial charge in [-0.1, -0.05) is 23.9 Å². The Balaban J connectivity index is 1.35. The number of amides is 1. The van der Waals surface area contributed by atoms with Crippen LogP contribution in [0.15, 0.2) is 58.2 Å². The van der Waals surface area contributed by atoms with Gasteiger partial charge in [0, 0.05) is 0 Å². The third-order valence-electron chi connectivity index (χ3n) is 6.55. The fourth-order valence-electron chi connectivity index (χ4n) is 5.06.